The predicted molar refractivity (Wildman–Crippen MR) is 98.9 cm³/mol. The minimum atomic E-state index is -3.46. The number of rotatable bonds is 6. The molecular formula is C18H20BrNO2S. The van der Waals surface area contributed by atoms with Crippen molar-refractivity contribution in [3.63, 3.8) is 0 Å². The van der Waals surface area contributed by atoms with Crippen molar-refractivity contribution in [3.05, 3.63) is 70.2 Å². The van der Waals surface area contributed by atoms with Gasteiger partial charge in [-0.25, -0.2) is 13.1 Å². The molecule has 0 heterocycles. The third-order valence-corrected chi connectivity index (χ3v) is 6.05. The smallest absolute Gasteiger partial charge is 0.211 e. The zero-order chi connectivity index (χ0) is 16.9. The van der Waals surface area contributed by atoms with E-state index in [1.807, 2.05) is 44.2 Å². The van der Waals surface area contributed by atoms with Crippen molar-refractivity contribution in [3.8, 4) is 0 Å². The molecule has 0 saturated heterocycles. The van der Waals surface area contributed by atoms with Gasteiger partial charge in [-0.05, 0) is 48.0 Å². The van der Waals surface area contributed by atoms with E-state index in [1.165, 1.54) is 0 Å². The van der Waals surface area contributed by atoms with Crippen molar-refractivity contribution in [1.82, 2.24) is 4.72 Å². The second-order valence-electron chi connectivity index (χ2n) is 5.36. The van der Waals surface area contributed by atoms with E-state index < -0.39 is 10.0 Å². The average molecular weight is 394 g/mol. The van der Waals surface area contributed by atoms with Crippen LogP contribution >= 0.6 is 15.9 Å². The molecule has 0 radical (unpaired) electrons. The van der Waals surface area contributed by atoms with E-state index >= 15 is 0 Å². The topological polar surface area (TPSA) is 46.2 Å². The van der Waals surface area contributed by atoms with Gasteiger partial charge in [0.05, 0.1) is 4.90 Å². The van der Waals surface area contributed by atoms with Gasteiger partial charge in [0.25, 0.3) is 0 Å². The van der Waals surface area contributed by atoms with Crippen LogP contribution in [0.3, 0.4) is 0 Å². The van der Waals surface area contributed by atoms with Crippen molar-refractivity contribution < 1.29 is 8.42 Å². The molecule has 0 atom stereocenters. The van der Waals surface area contributed by atoms with Gasteiger partial charge in [0.1, 0.15) is 0 Å². The third kappa shape index (κ3) is 5.03. The maximum absolute atomic E-state index is 12.2. The van der Waals surface area contributed by atoms with E-state index in [2.05, 4.69) is 20.7 Å². The van der Waals surface area contributed by atoms with Gasteiger partial charge in [0.2, 0.25) is 10.0 Å². The van der Waals surface area contributed by atoms with Gasteiger partial charge in [-0.3, -0.25) is 0 Å². The van der Waals surface area contributed by atoms with E-state index in [-0.39, 0.29) is 0 Å². The minimum Gasteiger partial charge on any atom is -0.211 e. The summed E-state index contributed by atoms with van der Waals surface area (Å²) >= 11 is 3.56. The highest BCUT2D eigenvalue weighted by Crippen LogP contribution is 2.24. The lowest BCUT2D eigenvalue weighted by molar-refractivity contribution is 0.582. The van der Waals surface area contributed by atoms with Crippen LogP contribution in [0, 0.1) is 6.92 Å². The highest BCUT2D eigenvalue weighted by atomic mass is 79.9. The number of nitrogens with one attached hydrogen (secondary N) is 1. The van der Waals surface area contributed by atoms with Crippen LogP contribution in [0.25, 0.3) is 5.57 Å². The predicted octanol–water partition coefficient (Wildman–Crippen LogP) is 4.49. The Labute approximate surface area is 146 Å². The fraction of sp³-hybridized carbons (Fsp3) is 0.222. The fourth-order valence-electron chi connectivity index (χ4n) is 2.13. The van der Waals surface area contributed by atoms with Crippen LogP contribution in [-0.4, -0.2) is 15.0 Å². The fourth-order valence-corrected chi connectivity index (χ4v) is 3.59. The van der Waals surface area contributed by atoms with Gasteiger partial charge < -0.3 is 0 Å². The Morgan fingerprint density at radius 1 is 1.04 bits per heavy atom. The summed E-state index contributed by atoms with van der Waals surface area (Å²) in [5.74, 6) is 0. The first-order chi connectivity index (χ1) is 10.9. The van der Waals surface area contributed by atoms with Crippen molar-refractivity contribution in [2.24, 2.45) is 0 Å². The van der Waals surface area contributed by atoms with Crippen molar-refractivity contribution in [2.45, 2.75) is 25.2 Å². The summed E-state index contributed by atoms with van der Waals surface area (Å²) in [6, 6.07) is 16.8. The molecule has 0 spiro atoms. The number of benzene rings is 2. The van der Waals surface area contributed by atoms with Gasteiger partial charge in [0, 0.05) is 6.54 Å². The molecule has 2 aromatic rings. The molecule has 5 heteroatoms. The zero-order valence-electron chi connectivity index (χ0n) is 13.2. The van der Waals surface area contributed by atoms with Gasteiger partial charge in [0.15, 0.2) is 0 Å². The molecule has 0 unspecified atom stereocenters. The summed E-state index contributed by atoms with van der Waals surface area (Å²) in [6.45, 7) is 4.30. The molecule has 2 rings (SSSR count). The molecule has 1 N–H and O–H groups in total. The monoisotopic (exact) mass is 393 g/mol. The van der Waals surface area contributed by atoms with Crippen LogP contribution in [0.4, 0.5) is 0 Å². The molecule has 2 aromatic carbocycles. The van der Waals surface area contributed by atoms with Crippen LogP contribution < -0.4 is 4.72 Å². The Morgan fingerprint density at radius 3 is 2.26 bits per heavy atom. The number of aryl methyl sites for hydroxylation is 1. The summed E-state index contributed by atoms with van der Waals surface area (Å²) < 4.78 is 28.1. The highest BCUT2D eigenvalue weighted by molar-refractivity contribution is 9.11. The number of hydrogen-bond acceptors (Lipinski definition) is 2. The molecule has 0 saturated carbocycles. The molecule has 0 aliphatic heterocycles. The van der Waals surface area contributed by atoms with Gasteiger partial charge in [-0.1, -0.05) is 64.0 Å². The van der Waals surface area contributed by atoms with E-state index in [4.69, 9.17) is 0 Å². The summed E-state index contributed by atoms with van der Waals surface area (Å²) in [7, 11) is -3.46. The highest BCUT2D eigenvalue weighted by Gasteiger charge is 2.13. The van der Waals surface area contributed by atoms with E-state index in [9.17, 15) is 8.42 Å². The lowest BCUT2D eigenvalue weighted by atomic mass is 10.1. The SMILES string of the molecule is C/C(=C(\Br)CCNS(=O)(=O)c1ccc(C)cc1)c1ccccc1. The summed E-state index contributed by atoms with van der Waals surface area (Å²) in [5.41, 5.74) is 3.27. The Kier molecular flexibility index (Phi) is 6.16. The number of hydrogen-bond donors (Lipinski definition) is 1. The maximum atomic E-state index is 12.2. The van der Waals surface area contributed by atoms with Crippen LogP contribution in [0.5, 0.6) is 0 Å². The second kappa shape index (κ2) is 7.90. The lowest BCUT2D eigenvalue weighted by Gasteiger charge is -2.09. The molecule has 0 amide bonds. The van der Waals surface area contributed by atoms with Crippen LogP contribution in [0.15, 0.2) is 64.0 Å². The molecule has 0 aliphatic rings. The van der Waals surface area contributed by atoms with Crippen LogP contribution in [-0.2, 0) is 10.0 Å². The molecule has 122 valence electrons. The molecule has 0 aromatic heterocycles. The summed E-state index contributed by atoms with van der Waals surface area (Å²) in [6.07, 6.45) is 0.603. The average Bonchev–Trinajstić information content (AvgIpc) is 2.55. The Morgan fingerprint density at radius 2 is 1.65 bits per heavy atom. The zero-order valence-corrected chi connectivity index (χ0v) is 15.6. The van der Waals surface area contributed by atoms with Crippen molar-refractivity contribution >= 4 is 31.5 Å². The first kappa shape index (κ1) is 17.9. The molecule has 0 bridgehead atoms. The first-order valence-electron chi connectivity index (χ1n) is 7.37. The maximum Gasteiger partial charge on any atom is 0.240 e. The van der Waals surface area contributed by atoms with Gasteiger partial charge in [-0.2, -0.15) is 0 Å². The second-order valence-corrected chi connectivity index (χ2v) is 8.08. The number of allylic oxidation sites excluding steroid dienone is 1. The van der Waals surface area contributed by atoms with E-state index in [0.29, 0.717) is 17.9 Å². The van der Waals surface area contributed by atoms with Crippen molar-refractivity contribution in [2.75, 3.05) is 6.54 Å². The van der Waals surface area contributed by atoms with Gasteiger partial charge in [-0.15, -0.1) is 0 Å². The third-order valence-electron chi connectivity index (χ3n) is 3.58. The number of halogens is 1. The minimum absolute atomic E-state index is 0.294. The molecule has 3 nitrogen and oxygen atoms in total. The van der Waals surface area contributed by atoms with Crippen molar-refractivity contribution in [1.29, 1.82) is 0 Å². The Bertz CT molecular complexity index is 782. The molecule has 23 heavy (non-hydrogen) atoms. The summed E-state index contributed by atoms with van der Waals surface area (Å²) in [4.78, 5) is 0.294. The quantitative estimate of drug-likeness (QED) is 0.785. The molecule has 0 aliphatic carbocycles. The van der Waals surface area contributed by atoms with E-state index in [1.54, 1.807) is 24.3 Å². The van der Waals surface area contributed by atoms with E-state index in [0.717, 1.165) is 21.2 Å². The standard InChI is InChI=1S/C18H20BrNO2S/c1-14-8-10-17(11-9-14)23(21,22)20-13-12-18(19)15(2)16-6-4-3-5-7-16/h3-11,20H,12-13H2,1-2H3/b18-15+. The Balaban J connectivity index is 2.00. The Hall–Kier alpha value is -1.43. The summed E-state index contributed by atoms with van der Waals surface area (Å²) in [5, 5.41) is 0. The normalized spacial score (nSPS) is 12.8. The largest absolute Gasteiger partial charge is 0.240 e. The molecule has 0 fully saturated rings. The van der Waals surface area contributed by atoms with Gasteiger partial charge >= 0.3 is 0 Å². The first-order valence-corrected chi connectivity index (χ1v) is 9.65. The van der Waals surface area contributed by atoms with Crippen LogP contribution in [0.1, 0.15) is 24.5 Å². The molecular weight excluding hydrogens is 374 g/mol. The number of sulfonamides is 1. The lowest BCUT2D eigenvalue weighted by Crippen LogP contribution is -2.24. The van der Waals surface area contributed by atoms with Crippen LogP contribution in [0.2, 0.25) is 0 Å².